The van der Waals surface area contributed by atoms with Gasteiger partial charge in [0.25, 0.3) is 5.91 Å². The smallest absolute Gasteiger partial charge is 0.255 e. The van der Waals surface area contributed by atoms with Gasteiger partial charge in [0.1, 0.15) is 0 Å². The lowest BCUT2D eigenvalue weighted by molar-refractivity contribution is 0.0741. The van der Waals surface area contributed by atoms with Gasteiger partial charge in [-0.05, 0) is 37.5 Å². The van der Waals surface area contributed by atoms with Crippen molar-refractivity contribution < 1.29 is 9.90 Å². The third-order valence-electron chi connectivity index (χ3n) is 3.34. The second-order valence-corrected chi connectivity index (χ2v) is 5.85. The van der Waals surface area contributed by atoms with Crippen LogP contribution >= 0.6 is 11.8 Å². The van der Waals surface area contributed by atoms with Gasteiger partial charge in [0.15, 0.2) is 0 Å². The maximum Gasteiger partial charge on any atom is 0.255 e. The zero-order chi connectivity index (χ0) is 15.7. The summed E-state index contributed by atoms with van der Waals surface area (Å²) in [5, 5.41) is 8.79. The second kappa shape index (κ2) is 9.49. The molecule has 3 nitrogen and oxygen atoms in total. The molecule has 1 atom stereocenters. The molecule has 0 fully saturated rings. The molecule has 1 amide bonds. The molecule has 1 aromatic carbocycles. The fraction of sp³-hybridized carbons (Fsp3) is 0.471. The third-order valence-corrected chi connectivity index (χ3v) is 3.98. The lowest BCUT2D eigenvalue weighted by Crippen LogP contribution is -2.35. The Morgan fingerprint density at radius 1 is 1.43 bits per heavy atom. The first-order valence-electron chi connectivity index (χ1n) is 7.06. The van der Waals surface area contributed by atoms with Gasteiger partial charge in [-0.15, -0.1) is 0 Å². The lowest BCUT2D eigenvalue weighted by atomic mass is 10.1. The van der Waals surface area contributed by atoms with Gasteiger partial charge < -0.3 is 10.0 Å². The van der Waals surface area contributed by atoms with Crippen LogP contribution in [-0.2, 0) is 0 Å². The van der Waals surface area contributed by atoms with E-state index in [4.69, 9.17) is 5.11 Å². The molecule has 4 heteroatoms. The Morgan fingerprint density at radius 3 is 2.81 bits per heavy atom. The summed E-state index contributed by atoms with van der Waals surface area (Å²) in [7, 11) is 1.84. The van der Waals surface area contributed by atoms with Crippen LogP contribution in [0.25, 0.3) is 0 Å². The number of amides is 1. The Hall–Kier alpha value is -1.44. The van der Waals surface area contributed by atoms with Gasteiger partial charge >= 0.3 is 0 Å². The van der Waals surface area contributed by atoms with Crippen LogP contribution in [-0.4, -0.2) is 47.6 Å². The van der Waals surface area contributed by atoms with Gasteiger partial charge in [-0.25, -0.2) is 0 Å². The van der Waals surface area contributed by atoms with Crippen molar-refractivity contribution in [1.82, 2.24) is 4.90 Å². The summed E-state index contributed by atoms with van der Waals surface area (Å²) in [5.41, 5.74) is 1.35. The number of hydrogen-bond acceptors (Lipinski definition) is 3. The van der Waals surface area contributed by atoms with Crippen molar-refractivity contribution in [1.29, 1.82) is 0 Å². The van der Waals surface area contributed by atoms with Crippen molar-refractivity contribution in [3.63, 3.8) is 0 Å². The van der Waals surface area contributed by atoms with E-state index in [1.54, 1.807) is 16.7 Å². The first-order chi connectivity index (χ1) is 10.1. The molecule has 0 aliphatic carbocycles. The van der Waals surface area contributed by atoms with Crippen LogP contribution in [0.3, 0.4) is 0 Å². The summed E-state index contributed by atoms with van der Waals surface area (Å²) in [6.07, 6.45) is 3.46. The van der Waals surface area contributed by atoms with E-state index in [1.807, 2.05) is 31.3 Å². The molecule has 0 saturated carbocycles. The van der Waals surface area contributed by atoms with E-state index in [2.05, 4.69) is 25.0 Å². The van der Waals surface area contributed by atoms with Crippen molar-refractivity contribution in [3.8, 4) is 11.8 Å². The number of hydrogen-bond donors (Lipinski definition) is 1. The normalized spacial score (nSPS) is 11.4. The zero-order valence-electron chi connectivity index (χ0n) is 12.9. The Balaban J connectivity index is 2.89. The van der Waals surface area contributed by atoms with Gasteiger partial charge in [0.2, 0.25) is 0 Å². The van der Waals surface area contributed by atoms with Crippen molar-refractivity contribution in [2.45, 2.75) is 25.8 Å². The maximum atomic E-state index is 12.6. The van der Waals surface area contributed by atoms with Crippen molar-refractivity contribution >= 4 is 17.7 Å². The minimum Gasteiger partial charge on any atom is -0.395 e. The zero-order valence-corrected chi connectivity index (χ0v) is 13.7. The number of carbonyl (C=O) groups excluding carboxylic acids is 1. The molecular weight excluding hydrogens is 282 g/mol. The number of aliphatic hydroxyl groups excluding tert-OH is 1. The number of benzene rings is 1. The predicted octanol–water partition coefficient (Wildman–Crippen LogP) is 2.63. The summed E-state index contributed by atoms with van der Waals surface area (Å²) in [4.78, 5) is 14.4. The first kappa shape index (κ1) is 17.6. The largest absolute Gasteiger partial charge is 0.395 e. The van der Waals surface area contributed by atoms with Gasteiger partial charge in [0, 0.05) is 25.1 Å². The molecule has 1 aromatic rings. The van der Waals surface area contributed by atoms with E-state index in [0.29, 0.717) is 12.0 Å². The Bertz CT molecular complexity index is 519. The summed E-state index contributed by atoms with van der Waals surface area (Å²) in [6.45, 7) is 2.10. The minimum absolute atomic E-state index is 0.00231. The van der Waals surface area contributed by atoms with Crippen LogP contribution in [0.1, 0.15) is 35.7 Å². The van der Waals surface area contributed by atoms with E-state index in [1.165, 1.54) is 0 Å². The molecule has 0 aliphatic rings. The van der Waals surface area contributed by atoms with E-state index in [9.17, 15) is 4.79 Å². The third kappa shape index (κ3) is 5.45. The van der Waals surface area contributed by atoms with E-state index in [0.717, 1.165) is 17.7 Å². The van der Waals surface area contributed by atoms with Crippen molar-refractivity contribution in [2.24, 2.45) is 0 Å². The van der Waals surface area contributed by atoms with Crippen LogP contribution in [0.5, 0.6) is 0 Å². The molecule has 114 valence electrons. The molecule has 0 bridgehead atoms. The average Bonchev–Trinajstić information content (AvgIpc) is 2.52. The number of thioether (sulfide) groups is 1. The fourth-order valence-electron chi connectivity index (χ4n) is 1.86. The van der Waals surface area contributed by atoms with E-state index < -0.39 is 0 Å². The summed E-state index contributed by atoms with van der Waals surface area (Å²) in [5.74, 6) is 6.88. The number of rotatable bonds is 6. The average molecular weight is 305 g/mol. The molecule has 1 rings (SSSR count). The SMILES string of the molecule is CSCCC(C)N(C)C(=O)c1ccccc1C#CCCO. The van der Waals surface area contributed by atoms with Crippen LogP contribution in [0, 0.1) is 11.8 Å². The molecule has 0 radical (unpaired) electrons. The Labute approximate surface area is 131 Å². The number of carbonyl (C=O) groups is 1. The van der Waals surface area contributed by atoms with Gasteiger partial charge in [-0.1, -0.05) is 24.0 Å². The topological polar surface area (TPSA) is 40.5 Å². The Kier molecular flexibility index (Phi) is 7.96. The summed E-state index contributed by atoms with van der Waals surface area (Å²) < 4.78 is 0. The first-order valence-corrected chi connectivity index (χ1v) is 8.46. The van der Waals surface area contributed by atoms with Crippen molar-refractivity contribution in [3.05, 3.63) is 35.4 Å². The van der Waals surface area contributed by atoms with Gasteiger partial charge in [0.05, 0.1) is 12.2 Å². The Morgan fingerprint density at radius 2 is 2.14 bits per heavy atom. The van der Waals surface area contributed by atoms with E-state index >= 15 is 0 Å². The maximum absolute atomic E-state index is 12.6. The molecule has 0 spiro atoms. The number of aliphatic hydroxyl groups is 1. The highest BCUT2D eigenvalue weighted by Gasteiger charge is 2.19. The van der Waals surface area contributed by atoms with Crippen LogP contribution < -0.4 is 0 Å². The highest BCUT2D eigenvalue weighted by molar-refractivity contribution is 7.98. The fourth-order valence-corrected chi connectivity index (χ4v) is 2.44. The highest BCUT2D eigenvalue weighted by atomic mass is 32.2. The van der Waals surface area contributed by atoms with Gasteiger partial charge in [-0.3, -0.25) is 4.79 Å². The lowest BCUT2D eigenvalue weighted by Gasteiger charge is -2.25. The van der Waals surface area contributed by atoms with Crippen LogP contribution in [0.15, 0.2) is 24.3 Å². The van der Waals surface area contributed by atoms with Crippen LogP contribution in [0.2, 0.25) is 0 Å². The van der Waals surface area contributed by atoms with Crippen molar-refractivity contribution in [2.75, 3.05) is 25.7 Å². The number of nitrogens with zero attached hydrogens (tertiary/aromatic N) is 1. The standard InChI is InChI=1S/C17H23NO2S/c1-14(11-13-21-3)18(2)17(20)16-10-5-4-8-15(16)9-6-7-12-19/h4-5,8,10,14,19H,7,11-13H2,1-3H3. The molecule has 0 aliphatic heterocycles. The summed E-state index contributed by atoms with van der Waals surface area (Å²) >= 11 is 1.79. The predicted molar refractivity (Wildman–Crippen MR) is 89.6 cm³/mol. The van der Waals surface area contributed by atoms with Crippen LogP contribution in [0.4, 0.5) is 0 Å². The molecule has 0 aromatic heterocycles. The van der Waals surface area contributed by atoms with Gasteiger partial charge in [-0.2, -0.15) is 11.8 Å². The quantitative estimate of drug-likeness (QED) is 0.821. The monoisotopic (exact) mass is 305 g/mol. The molecule has 0 saturated heterocycles. The molecule has 1 unspecified atom stereocenters. The molecule has 21 heavy (non-hydrogen) atoms. The second-order valence-electron chi connectivity index (χ2n) is 4.87. The summed E-state index contributed by atoms with van der Waals surface area (Å²) in [6, 6.07) is 7.58. The van der Waals surface area contributed by atoms with E-state index in [-0.39, 0.29) is 18.6 Å². The molecule has 0 heterocycles. The minimum atomic E-state index is -0.00231. The molecule has 1 N–H and O–H groups in total. The highest BCUT2D eigenvalue weighted by Crippen LogP contribution is 2.14. The molecular formula is C17H23NO2S.